The van der Waals surface area contributed by atoms with Crippen LogP contribution in [0.1, 0.15) is 38.8 Å². The molecule has 2 heterocycles. The molecule has 2 aliphatic rings. The zero-order valence-corrected chi connectivity index (χ0v) is 16.3. The molecule has 0 saturated carbocycles. The van der Waals surface area contributed by atoms with Crippen molar-refractivity contribution in [1.82, 2.24) is 0 Å². The average Bonchev–Trinajstić information content (AvgIpc) is 3.26. The summed E-state index contributed by atoms with van der Waals surface area (Å²) in [5, 5.41) is 11.3. The highest BCUT2D eigenvalue weighted by Gasteiger charge is 2.80. The minimum Gasteiger partial charge on any atom is -0.476 e. The van der Waals surface area contributed by atoms with E-state index in [1.807, 2.05) is 88.4 Å². The van der Waals surface area contributed by atoms with Gasteiger partial charge in [-0.1, -0.05) is 74.5 Å². The summed E-state index contributed by atoms with van der Waals surface area (Å²) in [6, 6.07) is 20.1. The zero-order chi connectivity index (χ0) is 19.3. The largest absolute Gasteiger partial charge is 0.476 e. The number of aliphatic hydroxyl groups is 1. The lowest BCUT2D eigenvalue weighted by atomic mass is 9.75. The predicted molar refractivity (Wildman–Crippen MR) is 106 cm³/mol. The second-order valence-corrected chi connectivity index (χ2v) is 8.46. The number of ether oxygens (including phenoxy) is 2. The Kier molecular flexibility index (Phi) is 4.17. The van der Waals surface area contributed by atoms with Crippen molar-refractivity contribution in [2.24, 2.45) is 10.9 Å². The van der Waals surface area contributed by atoms with Crippen LogP contribution in [0.15, 0.2) is 65.7 Å². The van der Waals surface area contributed by atoms with Crippen LogP contribution >= 0.6 is 0 Å². The maximum atomic E-state index is 11.3. The molecule has 1 fully saturated rings. The van der Waals surface area contributed by atoms with Gasteiger partial charge in [-0.2, -0.15) is 0 Å². The number of hydrogen-bond donors (Lipinski definition) is 1. The van der Waals surface area contributed by atoms with Crippen molar-refractivity contribution in [1.29, 1.82) is 0 Å². The lowest BCUT2D eigenvalue weighted by molar-refractivity contribution is 0.0587. The molecule has 0 spiro atoms. The van der Waals surface area contributed by atoms with E-state index in [9.17, 15) is 5.11 Å². The molecule has 1 N–H and O–H groups in total. The van der Waals surface area contributed by atoms with Gasteiger partial charge in [0, 0.05) is 0 Å². The molecule has 4 rings (SSSR count). The van der Waals surface area contributed by atoms with E-state index in [2.05, 4.69) is 0 Å². The molecule has 2 aromatic rings. The van der Waals surface area contributed by atoms with Gasteiger partial charge in [-0.3, -0.25) is 0 Å². The molecule has 142 valence electrons. The number of aliphatic imine (C=N–C) groups is 1. The summed E-state index contributed by atoms with van der Waals surface area (Å²) in [7, 11) is 0. The Hall–Kier alpha value is -2.17. The second-order valence-electron chi connectivity index (χ2n) is 8.46. The number of rotatable bonds is 5. The Bertz CT molecular complexity index is 805. The van der Waals surface area contributed by atoms with Gasteiger partial charge in [0.2, 0.25) is 11.5 Å². The molecule has 0 radical (unpaired) electrons. The van der Waals surface area contributed by atoms with Crippen LogP contribution in [0.3, 0.4) is 0 Å². The number of aliphatic hydroxyl groups excluding tert-OH is 1. The molecule has 27 heavy (non-hydrogen) atoms. The molecular weight excluding hydrogens is 338 g/mol. The third kappa shape index (κ3) is 2.62. The highest BCUT2D eigenvalue weighted by atomic mass is 16.7. The molecule has 0 amide bonds. The van der Waals surface area contributed by atoms with Crippen LogP contribution in [0.5, 0.6) is 0 Å². The molecule has 0 bridgehead atoms. The summed E-state index contributed by atoms with van der Waals surface area (Å²) in [5.74, 6) is 0.482. The topological polar surface area (TPSA) is 54.4 Å². The van der Waals surface area contributed by atoms with Gasteiger partial charge in [0.1, 0.15) is 6.61 Å². The van der Waals surface area contributed by atoms with Crippen molar-refractivity contribution in [3.05, 3.63) is 71.8 Å². The second kappa shape index (κ2) is 6.18. The maximum absolute atomic E-state index is 11.3. The summed E-state index contributed by atoms with van der Waals surface area (Å²) >= 11 is 0. The molecule has 0 aliphatic carbocycles. The van der Waals surface area contributed by atoms with Crippen LogP contribution in [0.4, 0.5) is 0 Å². The summed E-state index contributed by atoms with van der Waals surface area (Å²) in [4.78, 5) is 4.81. The molecular formula is C23H27NO3. The van der Waals surface area contributed by atoms with Crippen LogP contribution in [-0.4, -0.2) is 34.9 Å². The highest BCUT2D eigenvalue weighted by Crippen LogP contribution is 2.64. The van der Waals surface area contributed by atoms with Crippen molar-refractivity contribution >= 4 is 5.90 Å². The number of nitrogens with zero attached hydrogens (tertiary/aromatic N) is 1. The van der Waals surface area contributed by atoms with E-state index >= 15 is 0 Å². The quantitative estimate of drug-likeness (QED) is 0.817. The maximum Gasteiger partial charge on any atom is 0.224 e. The number of hydrogen-bond acceptors (Lipinski definition) is 4. The monoisotopic (exact) mass is 365 g/mol. The summed E-state index contributed by atoms with van der Waals surface area (Å²) in [5.41, 5.74) is -0.195. The first-order valence-electron chi connectivity index (χ1n) is 9.56. The fraction of sp³-hybridized carbons (Fsp3) is 0.435. The first kappa shape index (κ1) is 18.2. The molecule has 4 heteroatoms. The van der Waals surface area contributed by atoms with Crippen molar-refractivity contribution in [2.45, 2.75) is 50.5 Å². The highest BCUT2D eigenvalue weighted by molar-refractivity contribution is 5.94. The summed E-state index contributed by atoms with van der Waals surface area (Å²) in [6.07, 6.45) is -0.759. The van der Waals surface area contributed by atoms with Gasteiger partial charge in [0.05, 0.1) is 11.6 Å². The van der Waals surface area contributed by atoms with E-state index in [1.54, 1.807) is 0 Å². The Morgan fingerprint density at radius 2 is 1.44 bits per heavy atom. The average molecular weight is 365 g/mol. The molecule has 2 atom stereocenters. The van der Waals surface area contributed by atoms with E-state index in [1.165, 1.54) is 0 Å². The van der Waals surface area contributed by atoms with Crippen LogP contribution in [0.25, 0.3) is 0 Å². The fourth-order valence-corrected chi connectivity index (χ4v) is 4.11. The van der Waals surface area contributed by atoms with Crippen LogP contribution in [0.2, 0.25) is 0 Å². The SMILES string of the molecule is CC(C)[C@H](O)[C@@]1(C2=NC(C)(C)CO2)OC1(c1ccccc1)c1ccccc1. The van der Waals surface area contributed by atoms with E-state index in [4.69, 9.17) is 14.5 Å². The lowest BCUT2D eigenvalue weighted by Gasteiger charge is -2.27. The first-order valence-corrected chi connectivity index (χ1v) is 9.56. The third-order valence-corrected chi connectivity index (χ3v) is 5.49. The van der Waals surface area contributed by atoms with Crippen molar-refractivity contribution < 1.29 is 14.6 Å². The van der Waals surface area contributed by atoms with Gasteiger partial charge in [-0.25, -0.2) is 4.99 Å². The zero-order valence-electron chi connectivity index (χ0n) is 16.3. The Balaban J connectivity index is 1.95. The van der Waals surface area contributed by atoms with Gasteiger partial charge < -0.3 is 14.6 Å². The van der Waals surface area contributed by atoms with Gasteiger partial charge in [-0.05, 0) is 30.9 Å². The standard InChI is InChI=1S/C23H27NO3/c1-16(2)19(25)23(20-24-21(3,4)15-26-20)22(27-23,17-11-7-5-8-12-17)18-13-9-6-10-14-18/h5-14,16,19,25H,15H2,1-4H3/t19-,23-/m0/s1. The predicted octanol–water partition coefficient (Wildman–Crippen LogP) is 3.92. The van der Waals surface area contributed by atoms with Gasteiger partial charge in [0.15, 0.2) is 5.60 Å². The Labute approximate surface area is 160 Å². The molecule has 0 aromatic heterocycles. The summed E-state index contributed by atoms with van der Waals surface area (Å²) < 4.78 is 12.6. The van der Waals surface area contributed by atoms with Gasteiger partial charge in [-0.15, -0.1) is 0 Å². The minimum absolute atomic E-state index is 0.0192. The smallest absolute Gasteiger partial charge is 0.224 e. The molecule has 0 unspecified atom stereocenters. The van der Waals surface area contributed by atoms with E-state index in [0.717, 1.165) is 11.1 Å². The van der Waals surface area contributed by atoms with Crippen LogP contribution in [0, 0.1) is 5.92 Å². The van der Waals surface area contributed by atoms with E-state index in [-0.39, 0.29) is 11.5 Å². The fourth-order valence-electron chi connectivity index (χ4n) is 4.11. The lowest BCUT2D eigenvalue weighted by Crippen LogP contribution is -2.47. The number of benzene rings is 2. The van der Waals surface area contributed by atoms with Crippen molar-refractivity contribution in [3.63, 3.8) is 0 Å². The minimum atomic E-state index is -1.03. The first-order chi connectivity index (χ1) is 12.8. The molecule has 2 aromatic carbocycles. The van der Waals surface area contributed by atoms with Gasteiger partial charge in [0.25, 0.3) is 0 Å². The third-order valence-electron chi connectivity index (χ3n) is 5.49. The van der Waals surface area contributed by atoms with E-state index in [0.29, 0.717) is 12.5 Å². The molecule has 2 aliphatic heterocycles. The number of epoxide rings is 1. The van der Waals surface area contributed by atoms with Crippen molar-refractivity contribution in [3.8, 4) is 0 Å². The van der Waals surface area contributed by atoms with Gasteiger partial charge >= 0.3 is 0 Å². The summed E-state index contributed by atoms with van der Waals surface area (Å²) in [6.45, 7) is 8.54. The molecule has 1 saturated heterocycles. The Morgan fingerprint density at radius 3 is 1.85 bits per heavy atom. The normalized spacial score (nSPS) is 26.4. The Morgan fingerprint density at radius 1 is 0.926 bits per heavy atom. The van der Waals surface area contributed by atoms with Crippen LogP contribution in [-0.2, 0) is 15.1 Å². The van der Waals surface area contributed by atoms with Crippen molar-refractivity contribution in [2.75, 3.05) is 6.61 Å². The van der Waals surface area contributed by atoms with Crippen LogP contribution < -0.4 is 0 Å². The van der Waals surface area contributed by atoms with E-state index < -0.39 is 17.3 Å². The molecule has 4 nitrogen and oxygen atoms in total.